The van der Waals surface area contributed by atoms with Crippen LogP contribution in [0.5, 0.6) is 0 Å². The Hall–Kier alpha value is -1.84. The lowest BCUT2D eigenvalue weighted by molar-refractivity contribution is -0.122. The van der Waals surface area contributed by atoms with Crippen LogP contribution in [0.15, 0.2) is 30.3 Å². The van der Waals surface area contributed by atoms with Gasteiger partial charge < -0.3 is 10.6 Å². The van der Waals surface area contributed by atoms with E-state index in [9.17, 15) is 9.59 Å². The molecule has 0 bridgehead atoms. The average molecular weight is 304 g/mol. The van der Waals surface area contributed by atoms with E-state index in [1.54, 1.807) is 31.2 Å². The van der Waals surface area contributed by atoms with Gasteiger partial charge in [0.1, 0.15) is 6.04 Å². The molecule has 0 heterocycles. The highest BCUT2D eigenvalue weighted by Crippen LogP contribution is 2.11. The summed E-state index contributed by atoms with van der Waals surface area (Å²) in [6.45, 7) is 6.71. The molecule has 0 radical (unpaired) electrons. The van der Waals surface area contributed by atoms with Gasteiger partial charge in [0.15, 0.2) is 0 Å². The van der Waals surface area contributed by atoms with Crippen LogP contribution in [0.2, 0.25) is 0 Å². The predicted octanol–water partition coefficient (Wildman–Crippen LogP) is 3.14. The summed E-state index contributed by atoms with van der Waals surface area (Å²) in [6.07, 6.45) is 4.56. The molecule has 0 saturated heterocycles. The molecule has 1 rings (SSSR count). The summed E-state index contributed by atoms with van der Waals surface area (Å²) in [4.78, 5) is 24.1. The molecule has 0 fully saturated rings. The summed E-state index contributed by atoms with van der Waals surface area (Å²) in [5.74, 6) is 0.168. The number of rotatable bonds is 9. The first kappa shape index (κ1) is 18.2. The lowest BCUT2D eigenvalue weighted by Gasteiger charge is -2.18. The Balaban J connectivity index is 2.40. The fourth-order valence-corrected chi connectivity index (χ4v) is 2.28. The first-order valence-corrected chi connectivity index (χ1v) is 8.22. The fraction of sp³-hybridized carbons (Fsp3) is 0.556. The van der Waals surface area contributed by atoms with Crippen LogP contribution in [0.4, 0.5) is 0 Å². The molecule has 2 unspecified atom stereocenters. The van der Waals surface area contributed by atoms with Crippen LogP contribution in [0, 0.1) is 5.92 Å². The van der Waals surface area contributed by atoms with Crippen LogP contribution in [-0.4, -0.2) is 24.4 Å². The number of carbonyl (C=O) groups is 2. The van der Waals surface area contributed by atoms with Crippen LogP contribution in [0.3, 0.4) is 0 Å². The van der Waals surface area contributed by atoms with Gasteiger partial charge in [-0.05, 0) is 31.4 Å². The number of amides is 2. The third-order valence-corrected chi connectivity index (χ3v) is 3.89. The minimum atomic E-state index is -0.531. The zero-order chi connectivity index (χ0) is 16.4. The lowest BCUT2D eigenvalue weighted by atomic mass is 9.99. The van der Waals surface area contributed by atoms with E-state index >= 15 is 0 Å². The van der Waals surface area contributed by atoms with Gasteiger partial charge in [-0.1, -0.05) is 51.3 Å². The van der Waals surface area contributed by atoms with Crippen molar-refractivity contribution in [3.05, 3.63) is 35.9 Å². The van der Waals surface area contributed by atoms with Gasteiger partial charge in [-0.15, -0.1) is 0 Å². The molecule has 2 N–H and O–H groups in total. The fourth-order valence-electron chi connectivity index (χ4n) is 2.28. The van der Waals surface area contributed by atoms with E-state index in [2.05, 4.69) is 24.5 Å². The number of unbranched alkanes of at least 4 members (excludes halogenated alkanes) is 1. The second-order valence-electron chi connectivity index (χ2n) is 5.72. The second-order valence-corrected chi connectivity index (χ2v) is 5.72. The maximum absolute atomic E-state index is 12.1. The van der Waals surface area contributed by atoms with E-state index in [4.69, 9.17) is 0 Å². The van der Waals surface area contributed by atoms with Crippen LogP contribution in [-0.2, 0) is 4.79 Å². The minimum absolute atomic E-state index is 0.126. The average Bonchev–Trinajstić information content (AvgIpc) is 2.55. The Morgan fingerprint density at radius 2 is 1.82 bits per heavy atom. The van der Waals surface area contributed by atoms with Crippen molar-refractivity contribution in [1.29, 1.82) is 0 Å². The summed E-state index contributed by atoms with van der Waals surface area (Å²) >= 11 is 0. The van der Waals surface area contributed by atoms with E-state index in [-0.39, 0.29) is 11.8 Å². The molecule has 0 aliphatic carbocycles. The number of benzene rings is 1. The van der Waals surface area contributed by atoms with Crippen molar-refractivity contribution in [2.75, 3.05) is 6.54 Å². The molecular weight excluding hydrogens is 276 g/mol. The molecule has 2 atom stereocenters. The van der Waals surface area contributed by atoms with Crippen molar-refractivity contribution in [2.24, 2.45) is 5.92 Å². The van der Waals surface area contributed by atoms with Crippen molar-refractivity contribution in [2.45, 2.75) is 52.5 Å². The van der Waals surface area contributed by atoms with Gasteiger partial charge >= 0.3 is 0 Å². The number of nitrogens with one attached hydrogen (secondary N) is 2. The highest BCUT2D eigenvalue weighted by atomic mass is 16.2. The van der Waals surface area contributed by atoms with Crippen molar-refractivity contribution in [3.8, 4) is 0 Å². The molecule has 1 aromatic rings. The molecule has 4 nitrogen and oxygen atoms in total. The standard InChI is InChI=1S/C18H28N2O2/c1-4-6-10-15(5-2)13-19-17(21)14(3)20-18(22)16-11-8-7-9-12-16/h7-9,11-12,14-15H,4-6,10,13H2,1-3H3,(H,19,21)(H,20,22). The molecular formula is C18H28N2O2. The summed E-state index contributed by atoms with van der Waals surface area (Å²) in [7, 11) is 0. The highest BCUT2D eigenvalue weighted by Gasteiger charge is 2.17. The second kappa shape index (κ2) is 9.98. The van der Waals surface area contributed by atoms with Crippen molar-refractivity contribution >= 4 is 11.8 Å². The first-order chi connectivity index (χ1) is 10.6. The smallest absolute Gasteiger partial charge is 0.251 e. The van der Waals surface area contributed by atoms with Gasteiger partial charge in [-0.25, -0.2) is 0 Å². The molecule has 0 aliphatic rings. The quantitative estimate of drug-likeness (QED) is 0.736. The van der Waals surface area contributed by atoms with E-state index in [1.165, 1.54) is 12.8 Å². The van der Waals surface area contributed by atoms with Gasteiger partial charge in [0.2, 0.25) is 5.91 Å². The molecule has 0 saturated carbocycles. The summed E-state index contributed by atoms with van der Waals surface area (Å²) < 4.78 is 0. The monoisotopic (exact) mass is 304 g/mol. The van der Waals surface area contributed by atoms with Gasteiger partial charge in [0.05, 0.1) is 0 Å². The number of hydrogen-bond donors (Lipinski definition) is 2. The topological polar surface area (TPSA) is 58.2 Å². The Labute approximate surface area is 133 Å². The molecule has 0 aliphatic heterocycles. The summed E-state index contributed by atoms with van der Waals surface area (Å²) in [5.41, 5.74) is 0.566. The lowest BCUT2D eigenvalue weighted by Crippen LogP contribution is -2.45. The Kier molecular flexibility index (Phi) is 8.26. The van der Waals surface area contributed by atoms with Crippen LogP contribution < -0.4 is 10.6 Å². The third-order valence-electron chi connectivity index (χ3n) is 3.89. The van der Waals surface area contributed by atoms with Gasteiger partial charge in [0.25, 0.3) is 5.91 Å². The SMILES string of the molecule is CCCCC(CC)CNC(=O)C(C)NC(=O)c1ccccc1. The molecule has 2 amide bonds. The summed E-state index contributed by atoms with van der Waals surface area (Å²) in [5, 5.41) is 5.68. The predicted molar refractivity (Wildman–Crippen MR) is 89.7 cm³/mol. The van der Waals surface area contributed by atoms with E-state index in [0.29, 0.717) is 18.0 Å². The Bertz CT molecular complexity index is 459. The summed E-state index contributed by atoms with van der Waals surface area (Å²) in [6, 6.07) is 8.40. The molecule has 122 valence electrons. The molecule has 4 heteroatoms. The van der Waals surface area contributed by atoms with Gasteiger partial charge in [-0.3, -0.25) is 9.59 Å². The normalized spacial score (nSPS) is 13.2. The first-order valence-electron chi connectivity index (χ1n) is 8.22. The van der Waals surface area contributed by atoms with Crippen LogP contribution in [0.1, 0.15) is 56.8 Å². The Morgan fingerprint density at radius 3 is 2.41 bits per heavy atom. The zero-order valence-electron chi connectivity index (χ0n) is 13.9. The van der Waals surface area contributed by atoms with E-state index in [1.807, 2.05) is 6.07 Å². The molecule has 0 aromatic heterocycles. The molecule has 0 spiro atoms. The van der Waals surface area contributed by atoms with Gasteiger partial charge in [0, 0.05) is 12.1 Å². The van der Waals surface area contributed by atoms with Crippen molar-refractivity contribution in [1.82, 2.24) is 10.6 Å². The van der Waals surface area contributed by atoms with Gasteiger partial charge in [-0.2, -0.15) is 0 Å². The largest absolute Gasteiger partial charge is 0.354 e. The van der Waals surface area contributed by atoms with Crippen molar-refractivity contribution < 1.29 is 9.59 Å². The molecule has 22 heavy (non-hydrogen) atoms. The van der Waals surface area contributed by atoms with Crippen LogP contribution in [0.25, 0.3) is 0 Å². The minimum Gasteiger partial charge on any atom is -0.354 e. The van der Waals surface area contributed by atoms with E-state index in [0.717, 1.165) is 12.8 Å². The zero-order valence-corrected chi connectivity index (χ0v) is 13.9. The maximum Gasteiger partial charge on any atom is 0.251 e. The highest BCUT2D eigenvalue weighted by molar-refractivity contribution is 5.97. The maximum atomic E-state index is 12.1. The van der Waals surface area contributed by atoms with Crippen molar-refractivity contribution in [3.63, 3.8) is 0 Å². The van der Waals surface area contributed by atoms with E-state index < -0.39 is 6.04 Å². The number of hydrogen-bond acceptors (Lipinski definition) is 2. The third kappa shape index (κ3) is 6.29. The van der Waals surface area contributed by atoms with Crippen LogP contribution >= 0.6 is 0 Å². The Morgan fingerprint density at radius 1 is 1.14 bits per heavy atom. The number of carbonyl (C=O) groups excluding carboxylic acids is 2. The molecule has 1 aromatic carbocycles.